The average Bonchev–Trinajstić information content (AvgIpc) is 3.86. The summed E-state index contributed by atoms with van der Waals surface area (Å²) in [6, 6.07) is 16.9. The zero-order chi connectivity index (χ0) is 37.7. The molecular weight excluding hydrogens is 708 g/mol. The van der Waals surface area contributed by atoms with Crippen LogP contribution in [0.25, 0.3) is 0 Å². The van der Waals surface area contributed by atoms with Crippen LogP contribution in [0.15, 0.2) is 66.7 Å². The number of ether oxygens (including phenoxy) is 1. The molecule has 1 aliphatic carbocycles. The quantitative estimate of drug-likeness (QED) is 0.0787. The molecule has 0 spiro atoms. The number of aromatic nitrogens is 3. The fraction of sp³-hybridized carbons (Fsp3) is 0.314. The number of aryl methyl sites for hydroxylation is 1. The molecule has 0 saturated heterocycles. The Morgan fingerprint density at radius 3 is 2.12 bits per heavy atom. The molecule has 3 amide bonds. The van der Waals surface area contributed by atoms with Gasteiger partial charge in [0.05, 0.1) is 11.1 Å². The summed E-state index contributed by atoms with van der Waals surface area (Å²) in [5.74, 6) is -3.69. The first-order valence-corrected chi connectivity index (χ1v) is 16.4. The van der Waals surface area contributed by atoms with Crippen LogP contribution in [-0.2, 0) is 15.1 Å². The maximum Gasteiger partial charge on any atom is 0.422 e. The Morgan fingerprint density at radius 2 is 1.48 bits per heavy atom. The number of carbonyl (C=O) groups is 3. The van der Waals surface area contributed by atoms with Crippen LogP contribution in [0, 0.1) is 18.2 Å². The molecule has 5 N–H and O–H groups in total. The summed E-state index contributed by atoms with van der Waals surface area (Å²) in [5, 5.41) is 14.1. The van der Waals surface area contributed by atoms with Crippen LogP contribution in [0.4, 0.5) is 40.8 Å². The second-order valence-electron chi connectivity index (χ2n) is 13.1. The van der Waals surface area contributed by atoms with Gasteiger partial charge in [-0.2, -0.15) is 28.1 Å². The molecule has 0 aliphatic heterocycles. The maximum atomic E-state index is 15.2. The molecule has 0 unspecified atom stereocenters. The second kappa shape index (κ2) is 15.4. The highest BCUT2D eigenvalue weighted by molar-refractivity contribution is 6.39. The highest BCUT2D eigenvalue weighted by Gasteiger charge is 2.45. The lowest BCUT2D eigenvalue weighted by Gasteiger charge is -2.25. The minimum Gasteiger partial charge on any atom is -0.454 e. The van der Waals surface area contributed by atoms with E-state index in [4.69, 9.17) is 16.3 Å². The van der Waals surface area contributed by atoms with Crippen molar-refractivity contribution in [3.05, 3.63) is 94.3 Å². The van der Waals surface area contributed by atoms with Crippen molar-refractivity contribution < 1.29 is 36.7 Å². The van der Waals surface area contributed by atoms with Crippen LogP contribution < -0.4 is 31.3 Å². The number of carbonyl (C=O) groups excluding carboxylic acids is 3. The van der Waals surface area contributed by atoms with E-state index in [0.717, 1.165) is 17.2 Å². The van der Waals surface area contributed by atoms with E-state index in [1.807, 2.05) is 19.1 Å². The molecule has 1 fully saturated rings. The van der Waals surface area contributed by atoms with Gasteiger partial charge in [-0.15, -0.1) is 0 Å². The summed E-state index contributed by atoms with van der Waals surface area (Å²) in [5.41, 5.74) is 0.806. The first kappa shape index (κ1) is 37.7. The lowest BCUT2D eigenvalue weighted by molar-refractivity contribution is -0.154. The number of nitrogens with one attached hydrogen (secondary N) is 5. The van der Waals surface area contributed by atoms with Gasteiger partial charge in [0.15, 0.2) is 6.61 Å². The zero-order valence-electron chi connectivity index (χ0n) is 28.3. The molecule has 0 radical (unpaired) electrons. The third-order valence-electron chi connectivity index (χ3n) is 7.92. The van der Waals surface area contributed by atoms with Gasteiger partial charge in [-0.3, -0.25) is 14.4 Å². The number of hydrogen-bond acceptors (Lipinski definition) is 9. The maximum absolute atomic E-state index is 15.2. The van der Waals surface area contributed by atoms with Crippen molar-refractivity contribution in [1.82, 2.24) is 25.6 Å². The van der Waals surface area contributed by atoms with Crippen molar-refractivity contribution in [2.24, 2.45) is 5.41 Å². The summed E-state index contributed by atoms with van der Waals surface area (Å²) in [4.78, 5) is 49.7. The van der Waals surface area contributed by atoms with E-state index in [9.17, 15) is 27.6 Å². The lowest BCUT2D eigenvalue weighted by atomic mass is 9.93. The first-order valence-electron chi connectivity index (χ1n) is 16.0. The van der Waals surface area contributed by atoms with Gasteiger partial charge in [0, 0.05) is 29.5 Å². The van der Waals surface area contributed by atoms with Crippen molar-refractivity contribution in [2.45, 2.75) is 45.3 Å². The SMILES string of the molecule is Cc1ccc(NC(=O)C(=O)NCC(C)(C)CNC(=O)c2ccc(Nc3nc(NC4(c5ccc(Cl)cc5)CC4)nc(OCC(F)(F)F)n3)cc2F)cc1. The van der Waals surface area contributed by atoms with Gasteiger partial charge in [-0.1, -0.05) is 55.3 Å². The molecular formula is C35H35ClF4N8O4. The molecule has 1 saturated carbocycles. The van der Waals surface area contributed by atoms with Crippen LogP contribution >= 0.6 is 11.6 Å². The third kappa shape index (κ3) is 10.5. The Kier molecular flexibility index (Phi) is 11.2. The van der Waals surface area contributed by atoms with Crippen molar-refractivity contribution >= 4 is 52.6 Å². The highest BCUT2D eigenvalue weighted by Crippen LogP contribution is 2.48. The molecule has 5 rings (SSSR count). The van der Waals surface area contributed by atoms with Gasteiger partial charge in [-0.05, 0) is 73.2 Å². The molecule has 274 valence electrons. The molecule has 52 heavy (non-hydrogen) atoms. The smallest absolute Gasteiger partial charge is 0.422 e. The number of hydrogen-bond donors (Lipinski definition) is 5. The minimum atomic E-state index is -4.66. The molecule has 4 aromatic rings. The van der Waals surface area contributed by atoms with Gasteiger partial charge >= 0.3 is 24.0 Å². The summed E-state index contributed by atoms with van der Waals surface area (Å²) in [6.07, 6.45) is -3.28. The van der Waals surface area contributed by atoms with E-state index in [1.165, 1.54) is 12.1 Å². The monoisotopic (exact) mass is 742 g/mol. The van der Waals surface area contributed by atoms with Crippen LogP contribution in [0.2, 0.25) is 5.02 Å². The van der Waals surface area contributed by atoms with E-state index < -0.39 is 53.3 Å². The molecule has 1 aromatic heterocycles. The standard InChI is InChI=1S/C35H35ClF4N8O4/c1-20-4-10-23(11-5-20)43-29(51)28(50)42-18-33(2,3)17-41-27(49)25-13-12-24(16-26(25)37)44-30-45-31(47-32(46-30)52-19-35(38,39)40)48-34(14-15-34)21-6-8-22(36)9-7-21/h4-13,16H,14-15,17-19H2,1-3H3,(H,41,49)(H,42,50)(H,43,51)(H2,44,45,46,47,48). The zero-order valence-corrected chi connectivity index (χ0v) is 29.0. The van der Waals surface area contributed by atoms with Crippen molar-refractivity contribution in [3.8, 4) is 6.01 Å². The van der Waals surface area contributed by atoms with E-state index in [-0.39, 0.29) is 36.2 Å². The molecule has 0 atom stereocenters. The highest BCUT2D eigenvalue weighted by atomic mass is 35.5. The number of rotatable bonds is 13. The lowest BCUT2D eigenvalue weighted by Crippen LogP contribution is -2.45. The molecule has 12 nitrogen and oxygen atoms in total. The minimum absolute atomic E-state index is 0.0178. The van der Waals surface area contributed by atoms with Crippen molar-refractivity contribution in [1.29, 1.82) is 0 Å². The summed E-state index contributed by atoms with van der Waals surface area (Å²) >= 11 is 6.01. The van der Waals surface area contributed by atoms with Gasteiger partial charge < -0.3 is 31.3 Å². The number of amides is 3. The molecule has 17 heteroatoms. The largest absolute Gasteiger partial charge is 0.454 e. The number of benzene rings is 3. The summed E-state index contributed by atoms with van der Waals surface area (Å²) in [6.45, 7) is 3.76. The number of halogens is 5. The fourth-order valence-corrected chi connectivity index (χ4v) is 5.01. The van der Waals surface area contributed by atoms with Crippen molar-refractivity contribution in [3.63, 3.8) is 0 Å². The van der Waals surface area contributed by atoms with Crippen molar-refractivity contribution in [2.75, 3.05) is 35.6 Å². The fourth-order valence-electron chi connectivity index (χ4n) is 4.88. The van der Waals surface area contributed by atoms with Crippen LogP contribution in [0.3, 0.4) is 0 Å². The molecule has 1 heterocycles. The second-order valence-corrected chi connectivity index (χ2v) is 13.5. The Labute approximate surface area is 301 Å². The predicted molar refractivity (Wildman–Crippen MR) is 186 cm³/mol. The Morgan fingerprint density at radius 1 is 0.846 bits per heavy atom. The third-order valence-corrected chi connectivity index (χ3v) is 8.17. The Balaban J connectivity index is 1.20. The van der Waals surface area contributed by atoms with Gasteiger partial charge in [-0.25, -0.2) is 4.39 Å². The van der Waals surface area contributed by atoms with E-state index in [2.05, 4.69) is 41.5 Å². The van der Waals surface area contributed by atoms with E-state index >= 15 is 4.39 Å². The molecule has 0 bridgehead atoms. The molecule has 3 aromatic carbocycles. The van der Waals surface area contributed by atoms with Crippen LogP contribution in [0.1, 0.15) is 48.2 Å². The first-order chi connectivity index (χ1) is 24.5. The Bertz CT molecular complexity index is 1940. The van der Waals surface area contributed by atoms with Gasteiger partial charge in [0.2, 0.25) is 11.9 Å². The topological polar surface area (TPSA) is 159 Å². The normalized spacial score (nSPS) is 13.5. The summed E-state index contributed by atoms with van der Waals surface area (Å²) < 4.78 is 58.8. The van der Waals surface area contributed by atoms with Gasteiger partial charge in [0.25, 0.3) is 5.91 Å². The number of anilines is 4. The van der Waals surface area contributed by atoms with E-state index in [1.54, 1.807) is 50.2 Å². The Hall–Kier alpha value is -5.51. The van der Waals surface area contributed by atoms with Gasteiger partial charge in [0.1, 0.15) is 5.82 Å². The van der Waals surface area contributed by atoms with E-state index in [0.29, 0.717) is 23.6 Å². The average molecular weight is 743 g/mol. The van der Waals surface area contributed by atoms with Crippen LogP contribution in [0.5, 0.6) is 6.01 Å². The number of alkyl halides is 3. The summed E-state index contributed by atoms with van der Waals surface area (Å²) in [7, 11) is 0. The number of nitrogens with zero attached hydrogens (tertiary/aromatic N) is 3. The molecule has 1 aliphatic rings. The van der Waals surface area contributed by atoms with Crippen LogP contribution in [-0.4, -0.2) is 58.5 Å². The predicted octanol–water partition coefficient (Wildman–Crippen LogP) is 6.27.